The van der Waals surface area contributed by atoms with E-state index in [-0.39, 0.29) is 0 Å². The molecule has 2 aromatic heterocycles. The molecule has 8 aromatic carbocycles. The zero-order valence-corrected chi connectivity index (χ0v) is 27.1. The highest BCUT2D eigenvalue weighted by molar-refractivity contribution is 6.23. The van der Waals surface area contributed by atoms with Crippen molar-refractivity contribution >= 4 is 71.3 Å². The number of aromatic nitrogens is 1. The van der Waals surface area contributed by atoms with Crippen molar-refractivity contribution in [3.63, 3.8) is 0 Å². The van der Waals surface area contributed by atoms with Gasteiger partial charge in [-0.25, -0.2) is 0 Å². The highest BCUT2D eigenvalue weighted by atomic mass is 16.3. The summed E-state index contributed by atoms with van der Waals surface area (Å²) in [7, 11) is 0. The minimum Gasteiger partial charge on any atom is -0.454 e. The fourth-order valence-electron chi connectivity index (χ4n) is 7.55. The fraction of sp³-hybridized carbons (Fsp3) is 0. The van der Waals surface area contributed by atoms with Gasteiger partial charge >= 0.3 is 0 Å². The Morgan fingerprint density at radius 3 is 1.80 bits per heavy atom. The average Bonchev–Trinajstić information content (AvgIpc) is 3.58. The Labute approximate surface area is 289 Å². The highest BCUT2D eigenvalue weighted by Gasteiger charge is 2.20. The average molecular weight is 639 g/mol. The molecule has 10 aromatic rings. The SMILES string of the molecule is c1ccc(-c2ccc(N(c3ccc(-c4cc5ccc6ccccc6c5c5ccccc45)cc3)c3cncc4c3oc3ccccc34)cc2)cc1. The molecule has 0 radical (unpaired) electrons. The van der Waals surface area contributed by atoms with E-state index in [1.807, 2.05) is 36.7 Å². The molecular formula is C47H30N2O. The molecule has 2 heterocycles. The maximum atomic E-state index is 6.53. The summed E-state index contributed by atoms with van der Waals surface area (Å²) in [4.78, 5) is 6.97. The highest BCUT2D eigenvalue weighted by Crippen LogP contribution is 2.43. The summed E-state index contributed by atoms with van der Waals surface area (Å²) in [5.41, 5.74) is 9.33. The molecule has 10 rings (SSSR count). The first-order valence-electron chi connectivity index (χ1n) is 16.9. The van der Waals surface area contributed by atoms with Gasteiger partial charge in [-0.2, -0.15) is 0 Å². The van der Waals surface area contributed by atoms with Crippen LogP contribution in [0.4, 0.5) is 17.1 Å². The minimum atomic E-state index is 0.810. The van der Waals surface area contributed by atoms with E-state index in [0.717, 1.165) is 39.0 Å². The molecule has 3 heteroatoms. The molecule has 234 valence electrons. The van der Waals surface area contributed by atoms with E-state index in [2.05, 4.69) is 150 Å². The van der Waals surface area contributed by atoms with Crippen molar-refractivity contribution in [1.29, 1.82) is 0 Å². The molecule has 0 aliphatic carbocycles. The van der Waals surface area contributed by atoms with Gasteiger partial charge in [-0.15, -0.1) is 0 Å². The van der Waals surface area contributed by atoms with Crippen molar-refractivity contribution in [2.24, 2.45) is 0 Å². The Morgan fingerprint density at radius 2 is 1.02 bits per heavy atom. The van der Waals surface area contributed by atoms with Gasteiger partial charge in [0.25, 0.3) is 0 Å². The lowest BCUT2D eigenvalue weighted by Crippen LogP contribution is -2.10. The second kappa shape index (κ2) is 11.5. The Hall–Kier alpha value is -6.71. The summed E-state index contributed by atoms with van der Waals surface area (Å²) in [6.07, 6.45) is 3.81. The lowest BCUT2D eigenvalue weighted by Gasteiger charge is -2.25. The zero-order valence-electron chi connectivity index (χ0n) is 27.1. The van der Waals surface area contributed by atoms with Gasteiger partial charge in [-0.3, -0.25) is 4.98 Å². The van der Waals surface area contributed by atoms with Gasteiger partial charge in [0.1, 0.15) is 11.3 Å². The summed E-state index contributed by atoms with van der Waals surface area (Å²) in [6.45, 7) is 0. The van der Waals surface area contributed by atoms with Crippen LogP contribution in [0.2, 0.25) is 0 Å². The largest absolute Gasteiger partial charge is 0.454 e. The lowest BCUT2D eigenvalue weighted by atomic mass is 9.91. The third kappa shape index (κ3) is 4.56. The van der Waals surface area contributed by atoms with Crippen LogP contribution < -0.4 is 4.90 Å². The number of nitrogens with zero attached hydrogens (tertiary/aromatic N) is 2. The second-order valence-corrected chi connectivity index (χ2v) is 12.8. The van der Waals surface area contributed by atoms with E-state index in [1.54, 1.807) is 0 Å². The van der Waals surface area contributed by atoms with Crippen LogP contribution in [0.3, 0.4) is 0 Å². The summed E-state index contributed by atoms with van der Waals surface area (Å²) in [6, 6.07) is 60.5. The molecular weight excluding hydrogens is 609 g/mol. The van der Waals surface area contributed by atoms with E-state index < -0.39 is 0 Å². The van der Waals surface area contributed by atoms with Crippen LogP contribution in [0.1, 0.15) is 0 Å². The van der Waals surface area contributed by atoms with Gasteiger partial charge in [0.2, 0.25) is 0 Å². The maximum Gasteiger partial charge on any atom is 0.162 e. The van der Waals surface area contributed by atoms with Crippen LogP contribution in [0, 0.1) is 0 Å². The lowest BCUT2D eigenvalue weighted by molar-refractivity contribution is 0.668. The molecule has 0 saturated carbocycles. The van der Waals surface area contributed by atoms with Gasteiger partial charge < -0.3 is 9.32 Å². The van der Waals surface area contributed by atoms with Crippen molar-refractivity contribution in [3.05, 3.63) is 182 Å². The van der Waals surface area contributed by atoms with E-state index in [1.165, 1.54) is 54.6 Å². The molecule has 0 N–H and O–H groups in total. The Bertz CT molecular complexity index is 2850. The normalized spacial score (nSPS) is 11.6. The predicted molar refractivity (Wildman–Crippen MR) is 210 cm³/mol. The van der Waals surface area contributed by atoms with E-state index in [0.29, 0.717) is 0 Å². The standard InChI is InChI=1S/C47H30N2O/c1-2-10-31(11-3-1)32-20-24-36(25-21-32)49(44-30-48-29-43-40-15-8-9-17-45(40)50-47(43)44)37-26-22-34(23-27-37)42-28-35-19-18-33-12-4-5-13-38(33)46(35)41-16-7-6-14-39(41)42/h1-30H. The molecule has 0 bridgehead atoms. The molecule has 0 aliphatic rings. The topological polar surface area (TPSA) is 29.3 Å². The maximum absolute atomic E-state index is 6.53. The molecule has 0 spiro atoms. The van der Waals surface area contributed by atoms with Gasteiger partial charge in [0.15, 0.2) is 5.58 Å². The summed E-state index contributed by atoms with van der Waals surface area (Å²) in [5.74, 6) is 0. The molecule has 0 aliphatic heterocycles. The van der Waals surface area contributed by atoms with Crippen molar-refractivity contribution in [1.82, 2.24) is 4.98 Å². The zero-order chi connectivity index (χ0) is 33.0. The molecule has 0 unspecified atom stereocenters. The Morgan fingerprint density at radius 1 is 0.420 bits per heavy atom. The van der Waals surface area contributed by atoms with E-state index in [4.69, 9.17) is 9.40 Å². The number of para-hydroxylation sites is 1. The minimum absolute atomic E-state index is 0.810. The number of rotatable bonds is 5. The van der Waals surface area contributed by atoms with Crippen molar-refractivity contribution < 1.29 is 4.42 Å². The van der Waals surface area contributed by atoms with Crippen molar-refractivity contribution in [2.75, 3.05) is 4.90 Å². The van der Waals surface area contributed by atoms with E-state index >= 15 is 0 Å². The van der Waals surface area contributed by atoms with Crippen LogP contribution in [-0.4, -0.2) is 4.98 Å². The van der Waals surface area contributed by atoms with Crippen molar-refractivity contribution in [3.8, 4) is 22.3 Å². The number of furan rings is 1. The van der Waals surface area contributed by atoms with Gasteiger partial charge in [0.05, 0.1) is 6.20 Å². The van der Waals surface area contributed by atoms with Gasteiger partial charge in [-0.05, 0) is 91.0 Å². The quantitative estimate of drug-likeness (QED) is 0.176. The number of fused-ring (bicyclic) bond motifs is 8. The van der Waals surface area contributed by atoms with Crippen LogP contribution in [0.15, 0.2) is 187 Å². The number of hydrogen-bond acceptors (Lipinski definition) is 3. The monoisotopic (exact) mass is 638 g/mol. The molecule has 0 atom stereocenters. The summed E-state index contributed by atoms with van der Waals surface area (Å²) in [5, 5.41) is 9.65. The molecule has 3 nitrogen and oxygen atoms in total. The third-order valence-corrected chi connectivity index (χ3v) is 9.92. The molecule has 50 heavy (non-hydrogen) atoms. The first-order chi connectivity index (χ1) is 24.8. The molecule has 0 fully saturated rings. The number of benzene rings is 8. The smallest absolute Gasteiger partial charge is 0.162 e. The number of pyridine rings is 1. The van der Waals surface area contributed by atoms with Crippen LogP contribution in [0.25, 0.3) is 76.5 Å². The van der Waals surface area contributed by atoms with Gasteiger partial charge in [0, 0.05) is 28.3 Å². The molecule has 0 amide bonds. The van der Waals surface area contributed by atoms with Crippen LogP contribution in [0.5, 0.6) is 0 Å². The first kappa shape index (κ1) is 28.3. The summed E-state index contributed by atoms with van der Waals surface area (Å²) < 4.78 is 6.53. The summed E-state index contributed by atoms with van der Waals surface area (Å²) >= 11 is 0. The van der Waals surface area contributed by atoms with Crippen LogP contribution >= 0.6 is 0 Å². The molecule has 0 saturated heterocycles. The third-order valence-electron chi connectivity index (χ3n) is 9.92. The number of hydrogen-bond donors (Lipinski definition) is 0. The predicted octanol–water partition coefficient (Wildman–Crippen LogP) is 13.2. The van der Waals surface area contributed by atoms with Gasteiger partial charge in [-0.1, -0.05) is 133 Å². The Kier molecular flexibility index (Phi) is 6.49. The Balaban J connectivity index is 1.14. The van der Waals surface area contributed by atoms with Crippen LogP contribution in [-0.2, 0) is 0 Å². The number of anilines is 3. The fourth-order valence-corrected chi connectivity index (χ4v) is 7.55. The first-order valence-corrected chi connectivity index (χ1v) is 16.9. The van der Waals surface area contributed by atoms with Crippen molar-refractivity contribution in [2.45, 2.75) is 0 Å². The second-order valence-electron chi connectivity index (χ2n) is 12.8. The van der Waals surface area contributed by atoms with E-state index in [9.17, 15) is 0 Å².